The summed E-state index contributed by atoms with van der Waals surface area (Å²) in [5.74, 6) is 0.302. The minimum absolute atomic E-state index is 0.0945. The number of hydrogen-bond donors (Lipinski definition) is 1. The summed E-state index contributed by atoms with van der Waals surface area (Å²) in [5.41, 5.74) is 2.00. The van der Waals surface area contributed by atoms with Gasteiger partial charge in [-0.15, -0.1) is 5.10 Å². The van der Waals surface area contributed by atoms with E-state index in [1.807, 2.05) is 64.0 Å². The molecule has 1 unspecified atom stereocenters. The lowest BCUT2D eigenvalue weighted by Gasteiger charge is -2.23. The Labute approximate surface area is 196 Å². The second-order valence-corrected chi connectivity index (χ2v) is 9.43. The molecule has 4 rings (SSSR count). The van der Waals surface area contributed by atoms with Gasteiger partial charge in [0, 0.05) is 35.5 Å². The van der Waals surface area contributed by atoms with Crippen LogP contribution in [0.4, 0.5) is 0 Å². The average Bonchev–Trinajstić information content (AvgIpc) is 3.57. The molecule has 1 atom stereocenters. The van der Waals surface area contributed by atoms with Crippen LogP contribution in [0.3, 0.4) is 0 Å². The van der Waals surface area contributed by atoms with Crippen LogP contribution in [-0.2, 0) is 16.3 Å². The van der Waals surface area contributed by atoms with E-state index in [2.05, 4.69) is 15.3 Å². The molecule has 8 nitrogen and oxygen atoms in total. The molecular weight excluding hydrogens is 418 g/mol. The number of carbonyl (C=O) groups is 1. The van der Waals surface area contributed by atoms with E-state index in [1.165, 1.54) is 25.7 Å². The zero-order chi connectivity index (χ0) is 24.0. The third-order valence-corrected chi connectivity index (χ3v) is 6.13. The highest BCUT2D eigenvalue weighted by atomic mass is 16.5. The maximum absolute atomic E-state index is 12.1. The molecule has 1 fully saturated rings. The molecule has 0 aromatic carbocycles. The number of aromatic nitrogens is 5. The molecule has 0 spiro atoms. The largest absolute Gasteiger partial charge is 0.443 e. The average molecular weight is 456 g/mol. The second kappa shape index (κ2) is 10.9. The summed E-state index contributed by atoms with van der Waals surface area (Å²) in [7, 11) is 0. The van der Waals surface area contributed by atoms with E-state index in [4.69, 9.17) is 4.74 Å². The predicted octanol–water partition coefficient (Wildman–Crippen LogP) is 4.98. The number of hydrogen-bond acceptors (Lipinski definition) is 6. The van der Waals surface area contributed by atoms with Crippen LogP contribution < -0.4 is 0 Å². The first kappa shape index (κ1) is 24.9. The Bertz CT molecular complexity index is 1040. The van der Waals surface area contributed by atoms with Gasteiger partial charge in [-0.3, -0.25) is 14.0 Å². The van der Waals surface area contributed by atoms with Crippen LogP contribution in [0.5, 0.6) is 0 Å². The number of nitrogens with zero attached hydrogens (tertiary/aromatic N) is 5. The predicted molar refractivity (Wildman–Crippen MR) is 128 cm³/mol. The Hall–Kier alpha value is -2.74. The standard InChI is InChI=1S/C23H31N5O3.C2H6/c1-23(2,3)22(30)31-15-27-10-8-18-19(13-24-26-21(18)27)17-12-25-28(14-17)20(9-11-29)16-6-4-5-7-16;1-2/h8,10,12-14,16,20,29H,4-7,9,11,15H2,1-3H3;1-2H3. The first-order valence-corrected chi connectivity index (χ1v) is 12.0. The minimum Gasteiger partial charge on any atom is -0.443 e. The molecule has 0 saturated heterocycles. The molecule has 1 saturated carbocycles. The van der Waals surface area contributed by atoms with Gasteiger partial charge in [0.25, 0.3) is 0 Å². The maximum atomic E-state index is 12.1. The molecule has 0 amide bonds. The highest BCUT2D eigenvalue weighted by Gasteiger charge is 2.27. The molecular formula is C25H37N5O3. The Balaban J connectivity index is 0.00000149. The number of carbonyl (C=O) groups excluding carboxylic acids is 1. The molecule has 1 N–H and O–H groups in total. The van der Waals surface area contributed by atoms with Crippen LogP contribution in [0.15, 0.2) is 30.9 Å². The third-order valence-electron chi connectivity index (χ3n) is 6.13. The first-order valence-electron chi connectivity index (χ1n) is 12.0. The second-order valence-electron chi connectivity index (χ2n) is 9.43. The van der Waals surface area contributed by atoms with Crippen molar-refractivity contribution in [3.63, 3.8) is 0 Å². The Morgan fingerprint density at radius 3 is 2.64 bits per heavy atom. The van der Waals surface area contributed by atoms with E-state index in [0.717, 1.165) is 16.5 Å². The lowest BCUT2D eigenvalue weighted by Crippen LogP contribution is -2.23. The van der Waals surface area contributed by atoms with Crippen LogP contribution in [0.1, 0.15) is 72.8 Å². The van der Waals surface area contributed by atoms with Crippen molar-refractivity contribution < 1.29 is 14.6 Å². The van der Waals surface area contributed by atoms with Crippen LogP contribution in [0, 0.1) is 11.3 Å². The number of esters is 1. The fourth-order valence-corrected chi connectivity index (χ4v) is 4.39. The normalized spacial score (nSPS) is 15.3. The lowest BCUT2D eigenvalue weighted by atomic mass is 9.96. The topological polar surface area (TPSA) is 95.1 Å². The van der Waals surface area contributed by atoms with Crippen molar-refractivity contribution >= 4 is 17.0 Å². The molecule has 1 aliphatic carbocycles. The van der Waals surface area contributed by atoms with E-state index >= 15 is 0 Å². The summed E-state index contributed by atoms with van der Waals surface area (Å²) in [5, 5.41) is 23.6. The number of aliphatic hydroxyl groups is 1. The van der Waals surface area contributed by atoms with Crippen molar-refractivity contribution in [2.24, 2.45) is 11.3 Å². The fraction of sp³-hybridized carbons (Fsp3) is 0.600. The zero-order valence-corrected chi connectivity index (χ0v) is 20.5. The van der Waals surface area contributed by atoms with Gasteiger partial charge in [-0.05, 0) is 52.0 Å². The highest BCUT2D eigenvalue weighted by Crippen LogP contribution is 2.37. The van der Waals surface area contributed by atoms with Gasteiger partial charge in [0.1, 0.15) is 0 Å². The van der Waals surface area contributed by atoms with Crippen molar-refractivity contribution in [1.29, 1.82) is 0 Å². The molecule has 3 aromatic rings. The van der Waals surface area contributed by atoms with E-state index in [9.17, 15) is 9.90 Å². The Kier molecular flexibility index (Phi) is 8.24. The van der Waals surface area contributed by atoms with Gasteiger partial charge in [0.15, 0.2) is 12.4 Å². The monoisotopic (exact) mass is 455 g/mol. The van der Waals surface area contributed by atoms with E-state index in [-0.39, 0.29) is 25.3 Å². The van der Waals surface area contributed by atoms with Gasteiger partial charge in [-0.25, -0.2) is 0 Å². The summed E-state index contributed by atoms with van der Waals surface area (Å²) < 4.78 is 9.23. The highest BCUT2D eigenvalue weighted by molar-refractivity contribution is 5.92. The number of ether oxygens (including phenoxy) is 1. The molecule has 180 valence electrons. The van der Waals surface area contributed by atoms with Crippen molar-refractivity contribution in [2.75, 3.05) is 6.61 Å². The van der Waals surface area contributed by atoms with Gasteiger partial charge >= 0.3 is 5.97 Å². The van der Waals surface area contributed by atoms with Gasteiger partial charge in [-0.2, -0.15) is 10.2 Å². The quantitative estimate of drug-likeness (QED) is 0.505. The van der Waals surface area contributed by atoms with E-state index in [1.54, 1.807) is 10.8 Å². The van der Waals surface area contributed by atoms with Crippen LogP contribution >= 0.6 is 0 Å². The van der Waals surface area contributed by atoms with Gasteiger partial charge in [0.2, 0.25) is 0 Å². The van der Waals surface area contributed by atoms with Crippen molar-refractivity contribution in [1.82, 2.24) is 24.5 Å². The van der Waals surface area contributed by atoms with E-state index in [0.29, 0.717) is 18.0 Å². The van der Waals surface area contributed by atoms with Crippen molar-refractivity contribution in [2.45, 2.75) is 79.5 Å². The molecule has 3 heterocycles. The molecule has 8 heteroatoms. The summed E-state index contributed by atoms with van der Waals surface area (Å²) in [4.78, 5) is 12.1. The number of fused-ring (bicyclic) bond motifs is 1. The fourth-order valence-electron chi connectivity index (χ4n) is 4.39. The summed E-state index contributed by atoms with van der Waals surface area (Å²) >= 11 is 0. The molecule has 33 heavy (non-hydrogen) atoms. The maximum Gasteiger partial charge on any atom is 0.312 e. The van der Waals surface area contributed by atoms with Gasteiger partial charge in [-0.1, -0.05) is 26.7 Å². The van der Waals surface area contributed by atoms with Crippen molar-refractivity contribution in [3.05, 3.63) is 30.9 Å². The minimum atomic E-state index is -0.557. The van der Waals surface area contributed by atoms with E-state index < -0.39 is 5.41 Å². The summed E-state index contributed by atoms with van der Waals surface area (Å²) in [6, 6.07) is 2.18. The first-order chi connectivity index (χ1) is 15.9. The Morgan fingerprint density at radius 2 is 1.97 bits per heavy atom. The molecule has 0 bridgehead atoms. The number of aliphatic hydroxyl groups excluding tert-OH is 1. The van der Waals surface area contributed by atoms with Gasteiger partial charge < -0.3 is 9.84 Å². The van der Waals surface area contributed by atoms with Crippen LogP contribution in [-0.4, -0.2) is 42.2 Å². The summed E-state index contributed by atoms with van der Waals surface area (Å²) in [6.45, 7) is 9.74. The summed E-state index contributed by atoms with van der Waals surface area (Å²) in [6.07, 6.45) is 13.1. The Morgan fingerprint density at radius 1 is 1.24 bits per heavy atom. The lowest BCUT2D eigenvalue weighted by molar-refractivity contribution is -0.156. The SMILES string of the molecule is CC.CC(C)(C)C(=O)OCn1ccc2c(-c3cnn(C(CCO)C4CCCC4)c3)cnnc21. The molecule has 0 radical (unpaired) electrons. The van der Waals surface area contributed by atoms with Crippen LogP contribution in [0.25, 0.3) is 22.2 Å². The zero-order valence-electron chi connectivity index (χ0n) is 20.5. The molecule has 1 aliphatic rings. The third kappa shape index (κ3) is 5.61. The molecule has 0 aliphatic heterocycles. The van der Waals surface area contributed by atoms with Crippen molar-refractivity contribution in [3.8, 4) is 11.1 Å². The van der Waals surface area contributed by atoms with Gasteiger partial charge in [0.05, 0.1) is 23.9 Å². The van der Waals surface area contributed by atoms with Crippen LogP contribution in [0.2, 0.25) is 0 Å². The molecule has 3 aromatic heterocycles. The number of rotatable bonds is 7. The smallest absolute Gasteiger partial charge is 0.312 e.